The summed E-state index contributed by atoms with van der Waals surface area (Å²) in [6.45, 7) is 5.39. The van der Waals surface area contributed by atoms with Crippen molar-refractivity contribution in [1.29, 1.82) is 5.26 Å². The Labute approximate surface area is 225 Å². The number of hydrogen-bond donors (Lipinski definition) is 0. The number of hydrogen-bond acceptors (Lipinski definition) is 4. The van der Waals surface area contributed by atoms with Crippen LogP contribution in [0.5, 0.6) is 0 Å². The Morgan fingerprint density at radius 3 is 2.57 bits per heavy atom. The van der Waals surface area contributed by atoms with Crippen LogP contribution in [-0.4, -0.2) is 46.9 Å². The maximum Gasteiger partial charge on any atom is 0.222 e. The van der Waals surface area contributed by atoms with Gasteiger partial charge in [0.1, 0.15) is 0 Å². The fourth-order valence-electron chi connectivity index (χ4n) is 6.25. The summed E-state index contributed by atoms with van der Waals surface area (Å²) in [5, 5.41) is 9.07. The number of rotatable bonds is 3. The first-order chi connectivity index (χ1) is 16.9. The number of pyridine rings is 1. The number of amides is 1. The monoisotopic (exact) mass is 598 g/mol. The van der Waals surface area contributed by atoms with Crippen LogP contribution in [0.2, 0.25) is 0 Å². The van der Waals surface area contributed by atoms with Crippen LogP contribution in [0.25, 0.3) is 0 Å². The van der Waals surface area contributed by atoms with Gasteiger partial charge < -0.3 is 9.80 Å². The molecule has 7 heteroatoms. The molecule has 5 rings (SSSR count). The Hall–Kier alpha value is -1.91. The number of fused-ring (bicyclic) bond motifs is 2. The Balaban J connectivity index is 1.32. The smallest absolute Gasteiger partial charge is 0.222 e. The first-order valence-electron chi connectivity index (χ1n) is 12.8. The standard InChI is InChI=1S/C28H32Br2N4O/c1-18-2-4-23-24(27(18)30)5-3-21-15-22(29)16-32-28(21)26(23)20-8-12-34(13-9-20)25(35)14-19-6-10-33(17-31)11-7-19/h2,4,15-16,19-20,26H,3,5-14H2,1H3. The second kappa shape index (κ2) is 10.6. The Kier molecular flexibility index (Phi) is 7.50. The highest BCUT2D eigenvalue weighted by Gasteiger charge is 2.36. The largest absolute Gasteiger partial charge is 0.343 e. The number of piperidine rings is 2. The molecule has 1 atom stereocenters. The van der Waals surface area contributed by atoms with E-state index in [4.69, 9.17) is 10.2 Å². The summed E-state index contributed by atoms with van der Waals surface area (Å²) in [6, 6.07) is 6.80. The molecule has 1 aromatic heterocycles. The van der Waals surface area contributed by atoms with Crippen molar-refractivity contribution >= 4 is 37.8 Å². The molecule has 1 aliphatic carbocycles. The average molecular weight is 600 g/mol. The van der Waals surface area contributed by atoms with Gasteiger partial charge in [-0.3, -0.25) is 9.78 Å². The summed E-state index contributed by atoms with van der Waals surface area (Å²) in [6.07, 6.45) is 10.7. The van der Waals surface area contributed by atoms with Gasteiger partial charge in [-0.25, -0.2) is 0 Å². The number of nitrogens with zero attached hydrogens (tertiary/aromatic N) is 4. The van der Waals surface area contributed by atoms with E-state index in [9.17, 15) is 4.79 Å². The van der Waals surface area contributed by atoms with E-state index in [2.05, 4.69) is 68.1 Å². The molecule has 2 aliphatic heterocycles. The highest BCUT2D eigenvalue weighted by molar-refractivity contribution is 9.10. The zero-order valence-electron chi connectivity index (χ0n) is 20.3. The number of nitriles is 1. The number of carbonyl (C=O) groups is 1. The van der Waals surface area contributed by atoms with E-state index in [1.54, 1.807) is 4.90 Å². The van der Waals surface area contributed by atoms with E-state index in [1.807, 2.05) is 6.20 Å². The van der Waals surface area contributed by atoms with E-state index >= 15 is 0 Å². The molecule has 35 heavy (non-hydrogen) atoms. The highest BCUT2D eigenvalue weighted by Crippen LogP contribution is 2.44. The van der Waals surface area contributed by atoms with Crippen molar-refractivity contribution in [2.24, 2.45) is 11.8 Å². The molecule has 0 bridgehead atoms. The molecular formula is C28H32Br2N4O. The summed E-state index contributed by atoms with van der Waals surface area (Å²) in [4.78, 5) is 22.0. The maximum atomic E-state index is 13.1. The maximum absolute atomic E-state index is 13.1. The minimum atomic E-state index is 0.264. The summed E-state index contributed by atoms with van der Waals surface area (Å²) < 4.78 is 2.28. The van der Waals surface area contributed by atoms with Crippen molar-refractivity contribution in [1.82, 2.24) is 14.8 Å². The Morgan fingerprint density at radius 2 is 1.86 bits per heavy atom. The molecule has 0 radical (unpaired) electrons. The van der Waals surface area contributed by atoms with E-state index in [1.165, 1.54) is 32.4 Å². The molecule has 0 spiro atoms. The van der Waals surface area contributed by atoms with Gasteiger partial charge in [0.2, 0.25) is 5.91 Å². The average Bonchev–Trinajstić information content (AvgIpc) is 3.03. The predicted molar refractivity (Wildman–Crippen MR) is 144 cm³/mol. The predicted octanol–water partition coefficient (Wildman–Crippen LogP) is 5.97. The Bertz CT molecular complexity index is 1140. The van der Waals surface area contributed by atoms with Crippen molar-refractivity contribution in [3.63, 3.8) is 0 Å². The van der Waals surface area contributed by atoms with Gasteiger partial charge in [-0.2, -0.15) is 5.26 Å². The first kappa shape index (κ1) is 24.8. The topological polar surface area (TPSA) is 60.2 Å². The minimum absolute atomic E-state index is 0.264. The van der Waals surface area contributed by atoms with Crippen molar-refractivity contribution < 1.29 is 4.79 Å². The molecule has 2 fully saturated rings. The molecule has 2 saturated heterocycles. The zero-order valence-corrected chi connectivity index (χ0v) is 23.4. The second-order valence-corrected chi connectivity index (χ2v) is 12.1. The van der Waals surface area contributed by atoms with Crippen LogP contribution in [-0.2, 0) is 17.6 Å². The van der Waals surface area contributed by atoms with Gasteiger partial charge in [0.25, 0.3) is 0 Å². The molecule has 0 saturated carbocycles. The lowest BCUT2D eigenvalue weighted by atomic mass is 9.76. The lowest BCUT2D eigenvalue weighted by molar-refractivity contribution is -0.134. The van der Waals surface area contributed by atoms with E-state index in [0.717, 1.165) is 69.2 Å². The molecule has 0 N–H and O–H groups in total. The Morgan fingerprint density at radius 1 is 1.11 bits per heavy atom. The van der Waals surface area contributed by atoms with Crippen LogP contribution >= 0.6 is 31.9 Å². The lowest BCUT2D eigenvalue weighted by Gasteiger charge is -2.38. The quantitative estimate of drug-likeness (QED) is 0.408. The fourth-order valence-corrected chi connectivity index (χ4v) is 7.19. The van der Waals surface area contributed by atoms with Gasteiger partial charge >= 0.3 is 0 Å². The number of likely N-dealkylation sites (tertiary alicyclic amines) is 2. The minimum Gasteiger partial charge on any atom is -0.343 e. The van der Waals surface area contributed by atoms with Gasteiger partial charge in [0.05, 0.1) is 5.69 Å². The van der Waals surface area contributed by atoms with Crippen LogP contribution in [0, 0.1) is 30.2 Å². The third-order valence-corrected chi connectivity index (χ3v) is 9.84. The molecule has 5 nitrogen and oxygen atoms in total. The SMILES string of the molecule is Cc1ccc2c(c1Br)CCc1cc(Br)cnc1C2C1CCN(C(=O)CC2CCN(C#N)CC2)CC1. The number of aryl methyl sites for hydroxylation is 2. The van der Waals surface area contributed by atoms with Gasteiger partial charge in [0, 0.05) is 53.7 Å². The van der Waals surface area contributed by atoms with Crippen molar-refractivity contribution in [2.75, 3.05) is 26.2 Å². The molecule has 3 heterocycles. The number of halogens is 2. The number of aromatic nitrogens is 1. The van der Waals surface area contributed by atoms with Gasteiger partial charge in [0.15, 0.2) is 6.19 Å². The summed E-state index contributed by atoms with van der Waals surface area (Å²) >= 11 is 7.52. The van der Waals surface area contributed by atoms with Gasteiger partial charge in [-0.05, 0) is 102 Å². The van der Waals surface area contributed by atoms with Crippen LogP contribution < -0.4 is 0 Å². The third kappa shape index (κ3) is 5.15. The van der Waals surface area contributed by atoms with Crippen LogP contribution in [0.1, 0.15) is 66.0 Å². The van der Waals surface area contributed by atoms with Gasteiger partial charge in [-0.1, -0.05) is 28.1 Å². The number of carbonyl (C=O) groups excluding carboxylic acids is 1. The molecule has 1 aromatic carbocycles. The molecule has 1 amide bonds. The van der Waals surface area contributed by atoms with Crippen molar-refractivity contribution in [3.8, 4) is 6.19 Å². The van der Waals surface area contributed by atoms with Crippen LogP contribution in [0.4, 0.5) is 0 Å². The summed E-state index contributed by atoms with van der Waals surface area (Å²) in [5.74, 6) is 1.44. The van der Waals surface area contributed by atoms with Crippen molar-refractivity contribution in [2.45, 2.75) is 57.8 Å². The molecule has 2 aromatic rings. The molecule has 184 valence electrons. The first-order valence-corrected chi connectivity index (χ1v) is 14.4. The van der Waals surface area contributed by atoms with E-state index < -0.39 is 0 Å². The molecule has 3 aliphatic rings. The summed E-state index contributed by atoms with van der Waals surface area (Å²) in [7, 11) is 0. The molecular weight excluding hydrogens is 568 g/mol. The summed E-state index contributed by atoms with van der Waals surface area (Å²) in [5.41, 5.74) is 6.67. The second-order valence-electron chi connectivity index (χ2n) is 10.4. The van der Waals surface area contributed by atoms with Crippen LogP contribution in [0.3, 0.4) is 0 Å². The van der Waals surface area contributed by atoms with Crippen LogP contribution in [0.15, 0.2) is 33.3 Å². The van der Waals surface area contributed by atoms with E-state index in [-0.39, 0.29) is 5.92 Å². The zero-order chi connectivity index (χ0) is 24.5. The lowest BCUT2D eigenvalue weighted by Crippen LogP contribution is -2.41. The van der Waals surface area contributed by atoms with Gasteiger partial charge in [-0.15, -0.1) is 0 Å². The molecule has 1 unspecified atom stereocenters. The number of benzene rings is 1. The van der Waals surface area contributed by atoms with Crippen molar-refractivity contribution in [3.05, 3.63) is 61.3 Å². The van der Waals surface area contributed by atoms with E-state index in [0.29, 0.717) is 24.2 Å². The third-order valence-electron chi connectivity index (χ3n) is 8.30. The fraction of sp³-hybridized carbons (Fsp3) is 0.536. The highest BCUT2D eigenvalue weighted by atomic mass is 79.9. The normalized spacial score (nSPS) is 21.1.